The Morgan fingerprint density at radius 2 is 2.07 bits per heavy atom. The molecule has 6 nitrogen and oxygen atoms in total. The molecule has 0 spiro atoms. The molecule has 8 heteroatoms. The average molecular weight is 423 g/mol. The maximum absolute atomic E-state index is 12.8. The molecule has 0 saturated carbocycles. The van der Waals surface area contributed by atoms with Gasteiger partial charge in [-0.15, -0.1) is 11.3 Å². The van der Waals surface area contributed by atoms with Gasteiger partial charge in [0.15, 0.2) is 0 Å². The van der Waals surface area contributed by atoms with Gasteiger partial charge in [0, 0.05) is 13.1 Å². The molecule has 0 unspecified atom stereocenters. The molecule has 1 aliphatic rings. The second kappa shape index (κ2) is 9.07. The number of rotatable bonds is 7. The Labute approximate surface area is 170 Å². The summed E-state index contributed by atoms with van der Waals surface area (Å²) in [6.07, 6.45) is 1.37. The third kappa shape index (κ3) is 4.74. The third-order valence-corrected chi connectivity index (χ3v) is 8.13. The molecular weight excluding hydrogens is 396 g/mol. The number of sulfonamides is 1. The Hall–Kier alpha value is -1.90. The summed E-state index contributed by atoms with van der Waals surface area (Å²) in [5.41, 5.74) is 0.982. The normalized spacial score (nSPS) is 19.1. The fourth-order valence-corrected chi connectivity index (χ4v) is 6.01. The summed E-state index contributed by atoms with van der Waals surface area (Å²) in [6.45, 7) is 5.15. The van der Waals surface area contributed by atoms with E-state index in [4.69, 9.17) is 4.74 Å². The van der Waals surface area contributed by atoms with Gasteiger partial charge in [-0.05, 0) is 55.8 Å². The van der Waals surface area contributed by atoms with Crippen molar-refractivity contribution in [2.75, 3.05) is 19.7 Å². The Bertz CT molecular complexity index is 879. The van der Waals surface area contributed by atoms with Crippen LogP contribution in [0, 0.1) is 5.92 Å². The lowest BCUT2D eigenvalue weighted by atomic mass is 9.98. The molecule has 2 aromatic rings. The molecule has 1 N–H and O–H groups in total. The van der Waals surface area contributed by atoms with Crippen LogP contribution in [0.5, 0.6) is 5.75 Å². The van der Waals surface area contributed by atoms with Crippen molar-refractivity contribution in [1.29, 1.82) is 0 Å². The van der Waals surface area contributed by atoms with Crippen molar-refractivity contribution in [3.8, 4) is 5.75 Å². The molecule has 1 amide bonds. The van der Waals surface area contributed by atoms with Crippen molar-refractivity contribution in [3.63, 3.8) is 0 Å². The largest absolute Gasteiger partial charge is 0.494 e. The first-order valence-corrected chi connectivity index (χ1v) is 11.8. The smallest absolute Gasteiger partial charge is 0.252 e. The van der Waals surface area contributed by atoms with Gasteiger partial charge in [0.2, 0.25) is 5.91 Å². The van der Waals surface area contributed by atoms with Gasteiger partial charge in [-0.25, -0.2) is 8.42 Å². The quantitative estimate of drug-likeness (QED) is 0.742. The van der Waals surface area contributed by atoms with Crippen molar-refractivity contribution in [3.05, 3.63) is 47.3 Å². The first-order valence-electron chi connectivity index (χ1n) is 9.48. The van der Waals surface area contributed by atoms with Crippen molar-refractivity contribution >= 4 is 27.3 Å². The van der Waals surface area contributed by atoms with Crippen LogP contribution in [-0.2, 0) is 14.8 Å². The number of ether oxygens (including phenoxy) is 1. The van der Waals surface area contributed by atoms with E-state index in [9.17, 15) is 13.2 Å². The summed E-state index contributed by atoms with van der Waals surface area (Å²) in [6, 6.07) is 10.8. The van der Waals surface area contributed by atoms with Crippen LogP contribution in [0.15, 0.2) is 46.0 Å². The van der Waals surface area contributed by atoms with Crippen molar-refractivity contribution < 1.29 is 17.9 Å². The van der Waals surface area contributed by atoms with Crippen LogP contribution in [0.2, 0.25) is 0 Å². The number of amides is 1. The van der Waals surface area contributed by atoms with Crippen LogP contribution in [0.3, 0.4) is 0 Å². The predicted octanol–water partition coefficient (Wildman–Crippen LogP) is 3.42. The van der Waals surface area contributed by atoms with Crippen LogP contribution >= 0.6 is 11.3 Å². The molecule has 0 aliphatic carbocycles. The predicted molar refractivity (Wildman–Crippen MR) is 110 cm³/mol. The van der Waals surface area contributed by atoms with E-state index < -0.39 is 10.0 Å². The van der Waals surface area contributed by atoms with Gasteiger partial charge >= 0.3 is 0 Å². The van der Waals surface area contributed by atoms with Crippen molar-refractivity contribution in [1.82, 2.24) is 9.62 Å². The molecule has 0 bridgehead atoms. The van der Waals surface area contributed by atoms with Gasteiger partial charge < -0.3 is 10.1 Å². The molecule has 3 rings (SSSR count). The number of thiophene rings is 1. The van der Waals surface area contributed by atoms with Crippen molar-refractivity contribution in [2.45, 2.75) is 36.9 Å². The van der Waals surface area contributed by atoms with Crippen LogP contribution in [0.4, 0.5) is 0 Å². The van der Waals surface area contributed by atoms with E-state index in [1.165, 1.54) is 15.6 Å². The summed E-state index contributed by atoms with van der Waals surface area (Å²) >= 11 is 1.21. The summed E-state index contributed by atoms with van der Waals surface area (Å²) < 4.78 is 32.7. The first kappa shape index (κ1) is 20.8. The first-order chi connectivity index (χ1) is 13.4. The van der Waals surface area contributed by atoms with Crippen LogP contribution in [0.1, 0.15) is 38.3 Å². The number of hydrogen-bond acceptors (Lipinski definition) is 5. The molecule has 152 valence electrons. The second-order valence-corrected chi connectivity index (χ2v) is 9.98. The zero-order chi connectivity index (χ0) is 20.1. The van der Waals surface area contributed by atoms with Gasteiger partial charge in [0.05, 0.1) is 18.6 Å². The minimum absolute atomic E-state index is 0.104. The van der Waals surface area contributed by atoms with E-state index >= 15 is 0 Å². The van der Waals surface area contributed by atoms with E-state index in [0.717, 1.165) is 11.3 Å². The average Bonchev–Trinajstić information content (AvgIpc) is 3.24. The van der Waals surface area contributed by atoms with E-state index in [2.05, 4.69) is 5.32 Å². The van der Waals surface area contributed by atoms with E-state index in [0.29, 0.717) is 30.2 Å². The number of carbonyl (C=O) groups excluding carboxylic acids is 1. The van der Waals surface area contributed by atoms with Gasteiger partial charge in [-0.2, -0.15) is 4.31 Å². The number of piperidine rings is 1. The van der Waals surface area contributed by atoms with Crippen LogP contribution in [0.25, 0.3) is 0 Å². The van der Waals surface area contributed by atoms with Gasteiger partial charge in [0.25, 0.3) is 10.0 Å². The Kier molecular flexibility index (Phi) is 6.74. The summed E-state index contributed by atoms with van der Waals surface area (Å²) in [4.78, 5) is 12.8. The molecule has 1 aromatic carbocycles. The lowest BCUT2D eigenvalue weighted by molar-refractivity contribution is -0.126. The molecule has 1 saturated heterocycles. The number of benzene rings is 1. The fraction of sp³-hybridized carbons (Fsp3) is 0.450. The van der Waals surface area contributed by atoms with Gasteiger partial charge in [-0.1, -0.05) is 18.2 Å². The molecular formula is C20H26N2O4S2. The van der Waals surface area contributed by atoms with E-state index in [1.807, 2.05) is 38.1 Å². The molecule has 28 heavy (non-hydrogen) atoms. The van der Waals surface area contributed by atoms with E-state index in [1.54, 1.807) is 17.5 Å². The monoisotopic (exact) mass is 422 g/mol. The summed E-state index contributed by atoms with van der Waals surface area (Å²) in [5.74, 6) is 0.354. The maximum Gasteiger partial charge on any atom is 0.252 e. The maximum atomic E-state index is 12.8. The zero-order valence-electron chi connectivity index (χ0n) is 16.1. The molecule has 1 aliphatic heterocycles. The minimum atomic E-state index is -3.52. The highest BCUT2D eigenvalue weighted by atomic mass is 32.2. The number of carbonyl (C=O) groups is 1. The minimum Gasteiger partial charge on any atom is -0.494 e. The molecule has 1 fully saturated rings. The summed E-state index contributed by atoms with van der Waals surface area (Å²) in [7, 11) is -3.52. The highest BCUT2D eigenvalue weighted by Gasteiger charge is 2.34. The summed E-state index contributed by atoms with van der Waals surface area (Å²) in [5, 5.41) is 4.78. The number of hydrogen-bond donors (Lipinski definition) is 1. The number of nitrogens with one attached hydrogen (secondary N) is 1. The number of nitrogens with zero attached hydrogens (tertiary/aromatic N) is 1. The Morgan fingerprint density at radius 1 is 1.32 bits per heavy atom. The third-order valence-electron chi connectivity index (χ3n) is 4.89. The van der Waals surface area contributed by atoms with E-state index in [-0.39, 0.29) is 24.4 Å². The molecule has 1 aromatic heterocycles. The molecule has 0 radical (unpaired) electrons. The van der Waals surface area contributed by atoms with Gasteiger partial charge in [0.1, 0.15) is 9.96 Å². The fourth-order valence-electron chi connectivity index (χ4n) is 3.35. The highest BCUT2D eigenvalue weighted by molar-refractivity contribution is 7.91. The SMILES string of the molecule is CCOc1ccc([C@H](C)NC(=O)[C@@H]2CCCN(S(=O)(=O)c3cccs3)C2)cc1. The Morgan fingerprint density at radius 3 is 2.71 bits per heavy atom. The van der Waals surface area contributed by atoms with Crippen LogP contribution < -0.4 is 10.1 Å². The van der Waals surface area contributed by atoms with Gasteiger partial charge in [-0.3, -0.25) is 4.79 Å². The lowest BCUT2D eigenvalue weighted by Crippen LogP contribution is -2.45. The topological polar surface area (TPSA) is 75.7 Å². The zero-order valence-corrected chi connectivity index (χ0v) is 17.8. The van der Waals surface area contributed by atoms with Crippen LogP contribution in [-0.4, -0.2) is 38.3 Å². The molecule has 2 atom stereocenters. The standard InChI is InChI=1S/C20H26N2O4S2/c1-3-26-18-10-8-16(9-11-18)15(2)21-20(23)17-6-4-12-22(14-17)28(24,25)19-7-5-13-27-19/h5,7-11,13,15,17H,3-4,6,12,14H2,1-2H3,(H,21,23)/t15-,17+/m0/s1. The lowest BCUT2D eigenvalue weighted by Gasteiger charge is -2.31. The van der Waals surface area contributed by atoms with Crippen molar-refractivity contribution in [2.24, 2.45) is 5.92 Å². The molecule has 2 heterocycles. The highest BCUT2D eigenvalue weighted by Crippen LogP contribution is 2.27. The second-order valence-electron chi connectivity index (χ2n) is 6.87. The Balaban J connectivity index is 1.62.